The smallest absolute Gasteiger partial charge is 0.262 e. The molecule has 0 saturated carbocycles. The van der Waals surface area contributed by atoms with Crippen LogP contribution in [0.1, 0.15) is 11.1 Å². The van der Waals surface area contributed by atoms with Gasteiger partial charge in [-0.05, 0) is 49.2 Å². The third-order valence-corrected chi connectivity index (χ3v) is 5.74. The van der Waals surface area contributed by atoms with Gasteiger partial charge in [0.15, 0.2) is 18.2 Å². The van der Waals surface area contributed by atoms with E-state index in [1.165, 1.54) is 26.2 Å². The lowest BCUT2D eigenvalue weighted by Gasteiger charge is -2.16. The number of amides is 1. The van der Waals surface area contributed by atoms with Gasteiger partial charge in [-0.1, -0.05) is 0 Å². The van der Waals surface area contributed by atoms with E-state index < -0.39 is 34.2 Å². The van der Waals surface area contributed by atoms with Crippen LogP contribution in [0.3, 0.4) is 0 Å². The van der Waals surface area contributed by atoms with Crippen molar-refractivity contribution < 1.29 is 26.7 Å². The molecule has 0 aliphatic heterocycles. The van der Waals surface area contributed by atoms with Crippen molar-refractivity contribution in [2.45, 2.75) is 18.7 Å². The number of hydrogen-bond donors (Lipinski definition) is 1. The number of hydrogen-bond acceptors (Lipinski definition) is 4. The van der Waals surface area contributed by atoms with E-state index >= 15 is 0 Å². The first kappa shape index (κ1) is 20.8. The summed E-state index contributed by atoms with van der Waals surface area (Å²) in [5.74, 6) is -2.55. The lowest BCUT2D eigenvalue weighted by Crippen LogP contribution is -2.24. The molecule has 0 bridgehead atoms. The maximum atomic E-state index is 13.5. The molecular weight excluding hydrogens is 378 g/mol. The van der Waals surface area contributed by atoms with Crippen molar-refractivity contribution in [1.82, 2.24) is 4.31 Å². The third kappa shape index (κ3) is 4.81. The van der Waals surface area contributed by atoms with E-state index in [1.54, 1.807) is 13.8 Å². The molecule has 0 aromatic heterocycles. The number of nitrogens with zero attached hydrogens (tertiary/aromatic N) is 1. The molecule has 6 nitrogen and oxygen atoms in total. The topological polar surface area (TPSA) is 75.7 Å². The number of anilines is 1. The van der Waals surface area contributed by atoms with Crippen molar-refractivity contribution in [3.8, 4) is 5.75 Å². The van der Waals surface area contributed by atoms with Crippen LogP contribution in [0.2, 0.25) is 0 Å². The Morgan fingerprint density at radius 2 is 1.81 bits per heavy atom. The predicted molar refractivity (Wildman–Crippen MR) is 97.3 cm³/mol. The second-order valence-corrected chi connectivity index (χ2v) is 8.26. The minimum atomic E-state index is -3.67. The summed E-state index contributed by atoms with van der Waals surface area (Å²) in [6.07, 6.45) is 0. The molecule has 146 valence electrons. The highest BCUT2D eigenvalue weighted by molar-refractivity contribution is 7.89. The predicted octanol–water partition coefficient (Wildman–Crippen LogP) is 2.85. The van der Waals surface area contributed by atoms with Gasteiger partial charge in [-0.2, -0.15) is 0 Å². The molecule has 9 heteroatoms. The fourth-order valence-corrected chi connectivity index (χ4v) is 3.25. The standard InChI is InChI=1S/C18H20F2N2O4S/c1-11-7-14(27(24,25)22(3)4)9-16(12(11)2)21-18(23)10-26-17-6-5-13(19)8-15(17)20/h5-9H,10H2,1-4H3,(H,21,23). The van der Waals surface area contributed by atoms with Crippen LogP contribution in [0, 0.1) is 25.5 Å². The van der Waals surface area contributed by atoms with Gasteiger partial charge < -0.3 is 10.1 Å². The van der Waals surface area contributed by atoms with Crippen molar-refractivity contribution in [2.24, 2.45) is 0 Å². The van der Waals surface area contributed by atoms with Crippen molar-refractivity contribution in [1.29, 1.82) is 0 Å². The van der Waals surface area contributed by atoms with Crippen molar-refractivity contribution in [3.63, 3.8) is 0 Å². The van der Waals surface area contributed by atoms with Crippen LogP contribution in [0.25, 0.3) is 0 Å². The minimum Gasteiger partial charge on any atom is -0.481 e. The number of carbonyl (C=O) groups excluding carboxylic acids is 1. The average molecular weight is 398 g/mol. The van der Waals surface area contributed by atoms with Crippen LogP contribution in [0.5, 0.6) is 5.75 Å². The first-order chi connectivity index (χ1) is 12.5. The van der Waals surface area contributed by atoms with Crippen molar-refractivity contribution in [2.75, 3.05) is 26.0 Å². The number of rotatable bonds is 6. The van der Waals surface area contributed by atoms with Gasteiger partial charge in [0, 0.05) is 25.8 Å². The van der Waals surface area contributed by atoms with Gasteiger partial charge >= 0.3 is 0 Å². The highest BCUT2D eigenvalue weighted by Gasteiger charge is 2.20. The highest BCUT2D eigenvalue weighted by Crippen LogP contribution is 2.25. The first-order valence-electron chi connectivity index (χ1n) is 7.94. The summed E-state index contributed by atoms with van der Waals surface area (Å²) in [7, 11) is -0.853. The summed E-state index contributed by atoms with van der Waals surface area (Å²) >= 11 is 0. The quantitative estimate of drug-likeness (QED) is 0.812. The molecule has 1 N–H and O–H groups in total. The molecule has 2 aromatic rings. The first-order valence-corrected chi connectivity index (χ1v) is 9.38. The summed E-state index contributed by atoms with van der Waals surface area (Å²) in [5, 5.41) is 2.56. The molecule has 27 heavy (non-hydrogen) atoms. The number of nitrogens with one attached hydrogen (secondary N) is 1. The average Bonchev–Trinajstić information content (AvgIpc) is 2.57. The number of carbonyl (C=O) groups is 1. The molecule has 0 atom stereocenters. The molecule has 0 spiro atoms. The normalized spacial score (nSPS) is 11.5. The molecule has 1 amide bonds. The Bertz CT molecular complexity index is 976. The maximum absolute atomic E-state index is 13.5. The fourth-order valence-electron chi connectivity index (χ4n) is 2.24. The molecular formula is C18H20F2N2O4S. The Kier molecular flexibility index (Phi) is 6.17. The summed E-state index contributed by atoms with van der Waals surface area (Å²) in [6, 6.07) is 5.62. The van der Waals surface area contributed by atoms with Gasteiger partial charge in [-0.15, -0.1) is 0 Å². The SMILES string of the molecule is Cc1cc(S(=O)(=O)N(C)C)cc(NC(=O)COc2ccc(F)cc2F)c1C. The Morgan fingerprint density at radius 3 is 2.41 bits per heavy atom. The molecule has 0 aliphatic carbocycles. The van der Waals surface area contributed by atoms with Gasteiger partial charge in [-0.3, -0.25) is 4.79 Å². The van der Waals surface area contributed by atoms with Gasteiger partial charge in [0.05, 0.1) is 4.90 Å². The number of benzene rings is 2. The van der Waals surface area contributed by atoms with Crippen LogP contribution >= 0.6 is 0 Å². The zero-order valence-corrected chi connectivity index (χ0v) is 16.2. The van der Waals surface area contributed by atoms with Gasteiger partial charge in [-0.25, -0.2) is 21.5 Å². The third-order valence-electron chi connectivity index (χ3n) is 3.95. The number of aryl methyl sites for hydroxylation is 1. The van der Waals surface area contributed by atoms with E-state index in [4.69, 9.17) is 4.74 Å². The largest absolute Gasteiger partial charge is 0.481 e. The van der Waals surface area contributed by atoms with E-state index in [1.807, 2.05) is 0 Å². The molecule has 0 unspecified atom stereocenters. The highest BCUT2D eigenvalue weighted by atomic mass is 32.2. The van der Waals surface area contributed by atoms with E-state index in [0.717, 1.165) is 16.4 Å². The Morgan fingerprint density at radius 1 is 1.15 bits per heavy atom. The monoisotopic (exact) mass is 398 g/mol. The van der Waals surface area contributed by atoms with Crippen LogP contribution in [0.15, 0.2) is 35.2 Å². The maximum Gasteiger partial charge on any atom is 0.262 e. The molecule has 0 fully saturated rings. The van der Waals surface area contributed by atoms with Crippen LogP contribution in [-0.2, 0) is 14.8 Å². The lowest BCUT2D eigenvalue weighted by atomic mass is 10.1. The molecule has 0 saturated heterocycles. The van der Waals surface area contributed by atoms with E-state index in [-0.39, 0.29) is 10.6 Å². The van der Waals surface area contributed by atoms with Gasteiger partial charge in [0.25, 0.3) is 5.91 Å². The van der Waals surface area contributed by atoms with Crippen LogP contribution in [-0.4, -0.2) is 39.3 Å². The lowest BCUT2D eigenvalue weighted by molar-refractivity contribution is -0.118. The second kappa shape index (κ2) is 8.01. The number of halogens is 2. The number of ether oxygens (including phenoxy) is 1. The Labute approximate surface area is 156 Å². The summed E-state index contributed by atoms with van der Waals surface area (Å²) in [4.78, 5) is 12.2. The zero-order valence-electron chi connectivity index (χ0n) is 15.3. The fraction of sp³-hybridized carbons (Fsp3) is 0.278. The summed E-state index contributed by atoms with van der Waals surface area (Å²) in [6.45, 7) is 2.94. The Balaban J connectivity index is 2.18. The van der Waals surface area contributed by atoms with E-state index in [0.29, 0.717) is 22.9 Å². The zero-order chi connectivity index (χ0) is 20.4. The van der Waals surface area contributed by atoms with Gasteiger partial charge in [0.2, 0.25) is 10.0 Å². The van der Waals surface area contributed by atoms with Crippen LogP contribution in [0.4, 0.5) is 14.5 Å². The molecule has 0 aliphatic rings. The van der Waals surface area contributed by atoms with Gasteiger partial charge in [0.1, 0.15) is 5.82 Å². The summed E-state index contributed by atoms with van der Waals surface area (Å²) in [5.41, 5.74) is 1.68. The molecule has 2 rings (SSSR count). The van der Waals surface area contributed by atoms with Crippen molar-refractivity contribution in [3.05, 3.63) is 53.1 Å². The summed E-state index contributed by atoms with van der Waals surface area (Å²) < 4.78 is 57.2. The Hall–Kier alpha value is -2.52. The van der Waals surface area contributed by atoms with E-state index in [9.17, 15) is 22.0 Å². The molecule has 0 radical (unpaired) electrons. The minimum absolute atomic E-state index is 0.0383. The van der Waals surface area contributed by atoms with Crippen molar-refractivity contribution >= 4 is 21.6 Å². The second-order valence-electron chi connectivity index (χ2n) is 6.11. The molecule has 0 heterocycles. The number of sulfonamides is 1. The van der Waals surface area contributed by atoms with E-state index in [2.05, 4.69) is 5.32 Å². The van der Waals surface area contributed by atoms with Crippen LogP contribution < -0.4 is 10.1 Å². The molecule has 2 aromatic carbocycles.